The van der Waals surface area contributed by atoms with Crippen LogP contribution < -0.4 is 10.1 Å². The normalized spacial score (nSPS) is 18.9. The van der Waals surface area contributed by atoms with E-state index in [4.69, 9.17) is 16.3 Å². The summed E-state index contributed by atoms with van der Waals surface area (Å²) >= 11 is 5.95. The van der Waals surface area contributed by atoms with E-state index in [-0.39, 0.29) is 11.9 Å². The Balaban J connectivity index is 1.63. The molecule has 2 heterocycles. The fourth-order valence-corrected chi connectivity index (χ4v) is 3.00. The van der Waals surface area contributed by atoms with E-state index >= 15 is 0 Å². The lowest BCUT2D eigenvalue weighted by Gasteiger charge is -2.35. The number of nitrogens with one attached hydrogen (secondary N) is 1. The number of carbonyl (C=O) groups is 1. The molecule has 24 heavy (non-hydrogen) atoms. The number of nitrogens with zero attached hydrogens (tertiary/aromatic N) is 2. The van der Waals surface area contributed by atoms with Crippen molar-refractivity contribution in [3.8, 4) is 5.75 Å². The van der Waals surface area contributed by atoms with E-state index in [2.05, 4.69) is 10.3 Å². The van der Waals surface area contributed by atoms with Gasteiger partial charge < -0.3 is 15.0 Å². The number of amides is 1. The lowest BCUT2D eigenvalue weighted by Crippen LogP contribution is -2.51. The van der Waals surface area contributed by atoms with Gasteiger partial charge in [0.15, 0.2) is 6.10 Å². The van der Waals surface area contributed by atoms with Gasteiger partial charge in [0.05, 0.1) is 6.04 Å². The van der Waals surface area contributed by atoms with E-state index in [9.17, 15) is 4.79 Å². The largest absolute Gasteiger partial charge is 0.481 e. The molecule has 1 N–H and O–H groups in total. The van der Waals surface area contributed by atoms with E-state index in [0.717, 1.165) is 12.1 Å². The van der Waals surface area contributed by atoms with Crippen LogP contribution in [0, 0.1) is 0 Å². The van der Waals surface area contributed by atoms with Crippen LogP contribution in [0.1, 0.15) is 18.5 Å². The van der Waals surface area contributed by atoms with Gasteiger partial charge >= 0.3 is 0 Å². The number of halogens is 1. The van der Waals surface area contributed by atoms with Crippen molar-refractivity contribution in [2.24, 2.45) is 0 Å². The van der Waals surface area contributed by atoms with E-state index in [1.54, 1.807) is 43.6 Å². The van der Waals surface area contributed by atoms with E-state index in [0.29, 0.717) is 23.9 Å². The number of aromatic nitrogens is 1. The first kappa shape index (κ1) is 16.7. The molecule has 1 saturated heterocycles. The Hall–Kier alpha value is -2.11. The molecule has 1 aromatic heterocycles. The second-order valence-electron chi connectivity index (χ2n) is 5.79. The fourth-order valence-electron chi connectivity index (χ4n) is 2.82. The van der Waals surface area contributed by atoms with Gasteiger partial charge in [0.1, 0.15) is 5.75 Å². The molecule has 6 heteroatoms. The molecule has 1 aliphatic rings. The summed E-state index contributed by atoms with van der Waals surface area (Å²) in [6.07, 6.45) is 2.98. The Bertz CT molecular complexity index is 696. The third-order valence-electron chi connectivity index (χ3n) is 4.05. The fraction of sp³-hybridized carbons (Fsp3) is 0.333. The minimum absolute atomic E-state index is 0.0180. The maximum Gasteiger partial charge on any atom is 0.263 e. The predicted octanol–water partition coefficient (Wildman–Crippen LogP) is 2.68. The molecule has 0 bridgehead atoms. The second kappa shape index (κ2) is 7.64. The van der Waals surface area contributed by atoms with Crippen LogP contribution in [0.25, 0.3) is 0 Å². The molecular weight excluding hydrogens is 326 g/mol. The summed E-state index contributed by atoms with van der Waals surface area (Å²) in [7, 11) is 0. The van der Waals surface area contributed by atoms with Crippen molar-refractivity contribution < 1.29 is 9.53 Å². The molecule has 1 aromatic carbocycles. The van der Waals surface area contributed by atoms with Crippen molar-refractivity contribution in [2.75, 3.05) is 19.6 Å². The molecule has 1 fully saturated rings. The van der Waals surface area contributed by atoms with Gasteiger partial charge in [-0.05, 0) is 42.8 Å². The van der Waals surface area contributed by atoms with Crippen LogP contribution in [0.5, 0.6) is 5.75 Å². The quantitative estimate of drug-likeness (QED) is 0.925. The van der Waals surface area contributed by atoms with E-state index in [1.165, 1.54) is 0 Å². The van der Waals surface area contributed by atoms with Crippen LogP contribution in [0.15, 0.2) is 48.8 Å². The molecule has 0 spiro atoms. The van der Waals surface area contributed by atoms with Crippen molar-refractivity contribution >= 4 is 17.5 Å². The van der Waals surface area contributed by atoms with Gasteiger partial charge in [-0.15, -0.1) is 0 Å². The number of piperazine rings is 1. The first-order valence-electron chi connectivity index (χ1n) is 7.98. The van der Waals surface area contributed by atoms with Crippen LogP contribution in [0.2, 0.25) is 5.02 Å². The Labute approximate surface area is 146 Å². The van der Waals surface area contributed by atoms with Crippen molar-refractivity contribution in [1.29, 1.82) is 0 Å². The molecular formula is C18H20ClN3O2. The zero-order valence-electron chi connectivity index (χ0n) is 13.5. The zero-order valence-corrected chi connectivity index (χ0v) is 14.2. The van der Waals surface area contributed by atoms with Gasteiger partial charge in [-0.2, -0.15) is 0 Å². The summed E-state index contributed by atoms with van der Waals surface area (Å²) in [5.74, 6) is 0.583. The number of pyridine rings is 1. The van der Waals surface area contributed by atoms with Crippen LogP contribution in [0.3, 0.4) is 0 Å². The molecule has 3 rings (SSSR count). The standard InChI is InChI=1S/C18H20ClN3O2/c1-13(24-16-4-2-3-15(19)11-16)18(23)22-10-9-21-17(12-22)14-5-7-20-8-6-14/h2-8,11,13,17,21H,9-10,12H2,1H3/t13-,17+/m0/s1. The molecule has 0 unspecified atom stereocenters. The van der Waals surface area contributed by atoms with Crippen LogP contribution in [-0.2, 0) is 4.79 Å². The predicted molar refractivity (Wildman–Crippen MR) is 93.1 cm³/mol. The lowest BCUT2D eigenvalue weighted by atomic mass is 10.1. The highest BCUT2D eigenvalue weighted by atomic mass is 35.5. The number of rotatable bonds is 4. The zero-order chi connectivity index (χ0) is 16.9. The molecule has 0 saturated carbocycles. The van der Waals surface area contributed by atoms with Gasteiger partial charge in [-0.3, -0.25) is 9.78 Å². The Kier molecular flexibility index (Phi) is 5.33. The molecule has 126 valence electrons. The summed E-state index contributed by atoms with van der Waals surface area (Å²) in [5, 5.41) is 4.03. The topological polar surface area (TPSA) is 54.5 Å². The minimum atomic E-state index is -0.556. The summed E-state index contributed by atoms with van der Waals surface area (Å²) < 4.78 is 5.75. The first-order chi connectivity index (χ1) is 11.6. The number of benzene rings is 1. The average molecular weight is 346 g/mol. The molecule has 1 aliphatic heterocycles. The highest BCUT2D eigenvalue weighted by Gasteiger charge is 2.28. The van der Waals surface area contributed by atoms with Crippen molar-refractivity contribution in [1.82, 2.24) is 15.2 Å². The molecule has 2 aromatic rings. The average Bonchev–Trinajstić information content (AvgIpc) is 2.62. The first-order valence-corrected chi connectivity index (χ1v) is 8.35. The third kappa shape index (κ3) is 4.04. The molecule has 2 atom stereocenters. The van der Waals surface area contributed by atoms with Gasteiger partial charge in [0.25, 0.3) is 5.91 Å². The van der Waals surface area contributed by atoms with Gasteiger partial charge in [-0.25, -0.2) is 0 Å². The maximum atomic E-state index is 12.7. The van der Waals surface area contributed by atoms with Crippen molar-refractivity contribution in [2.45, 2.75) is 19.1 Å². The smallest absolute Gasteiger partial charge is 0.263 e. The van der Waals surface area contributed by atoms with Crippen LogP contribution in [0.4, 0.5) is 0 Å². The van der Waals surface area contributed by atoms with Gasteiger partial charge in [0.2, 0.25) is 0 Å². The highest BCUT2D eigenvalue weighted by Crippen LogP contribution is 2.20. The van der Waals surface area contributed by atoms with Gasteiger partial charge in [0, 0.05) is 37.1 Å². The number of ether oxygens (including phenoxy) is 1. The van der Waals surface area contributed by atoms with Gasteiger partial charge in [-0.1, -0.05) is 17.7 Å². The van der Waals surface area contributed by atoms with Crippen LogP contribution >= 0.6 is 11.6 Å². The number of hydrogen-bond donors (Lipinski definition) is 1. The summed E-state index contributed by atoms with van der Waals surface area (Å²) in [6.45, 7) is 3.81. The monoisotopic (exact) mass is 345 g/mol. The van der Waals surface area contributed by atoms with Crippen molar-refractivity contribution in [3.63, 3.8) is 0 Å². The molecule has 0 aliphatic carbocycles. The lowest BCUT2D eigenvalue weighted by molar-refractivity contribution is -0.139. The Morgan fingerprint density at radius 2 is 2.17 bits per heavy atom. The highest BCUT2D eigenvalue weighted by molar-refractivity contribution is 6.30. The maximum absolute atomic E-state index is 12.7. The Morgan fingerprint density at radius 1 is 1.38 bits per heavy atom. The molecule has 0 radical (unpaired) electrons. The summed E-state index contributed by atoms with van der Waals surface area (Å²) in [4.78, 5) is 18.6. The number of carbonyl (C=O) groups excluding carboxylic acids is 1. The van der Waals surface area contributed by atoms with Crippen molar-refractivity contribution in [3.05, 3.63) is 59.4 Å². The third-order valence-corrected chi connectivity index (χ3v) is 4.29. The molecule has 5 nitrogen and oxygen atoms in total. The van der Waals surface area contributed by atoms with Crippen LogP contribution in [-0.4, -0.2) is 41.5 Å². The minimum Gasteiger partial charge on any atom is -0.481 e. The summed E-state index contributed by atoms with van der Waals surface area (Å²) in [6, 6.07) is 11.1. The van der Waals surface area contributed by atoms with E-state index in [1.807, 2.05) is 17.0 Å². The Morgan fingerprint density at radius 3 is 2.92 bits per heavy atom. The summed E-state index contributed by atoms with van der Waals surface area (Å²) in [5.41, 5.74) is 1.13. The SMILES string of the molecule is C[C@H](Oc1cccc(Cl)c1)C(=O)N1CCN[C@@H](c2ccncc2)C1. The van der Waals surface area contributed by atoms with E-state index < -0.39 is 6.10 Å². The molecule has 1 amide bonds. The second-order valence-corrected chi connectivity index (χ2v) is 6.23. The number of hydrogen-bond acceptors (Lipinski definition) is 4.